The van der Waals surface area contributed by atoms with Crippen molar-refractivity contribution in [2.75, 3.05) is 13.1 Å². The van der Waals surface area contributed by atoms with Crippen molar-refractivity contribution >= 4 is 22.8 Å². The van der Waals surface area contributed by atoms with Crippen LogP contribution in [0.5, 0.6) is 5.75 Å². The number of aromatic nitrogens is 3. The molecule has 43 heavy (non-hydrogen) atoms. The number of carbonyl (C=O) groups is 2. The minimum atomic E-state index is -0.977. The van der Waals surface area contributed by atoms with Gasteiger partial charge in [-0.1, -0.05) is 24.3 Å². The summed E-state index contributed by atoms with van der Waals surface area (Å²) in [6, 6.07) is 23.6. The number of ether oxygens (including phenoxy) is 1. The predicted octanol–water partition coefficient (Wildman–Crippen LogP) is 6.40. The second-order valence-corrected chi connectivity index (χ2v) is 11.6. The molecule has 1 spiro atoms. The van der Waals surface area contributed by atoms with Gasteiger partial charge in [0, 0.05) is 48.6 Å². The number of carbonyl (C=O) groups excluding carboxylic acids is 1. The number of para-hydroxylation sites is 1. The minimum absolute atomic E-state index is 0.0388. The Bertz CT molecular complexity index is 1890. The summed E-state index contributed by atoms with van der Waals surface area (Å²) in [7, 11) is 0. The summed E-state index contributed by atoms with van der Waals surface area (Å²) in [4.78, 5) is 31.4. The van der Waals surface area contributed by atoms with E-state index < -0.39 is 5.97 Å². The standard InChI is InChI=1S/C35H32N4O4/c1-22-30(34(41)42)20-27(21-36-22)24-9-11-32-25(18-24)12-13-35(43-32)14-16-38(17-15-35)33(40)26-8-10-31-29(19-26)23(2)37-39(31)28-6-4-3-5-7-28/h3-11,18-21H,12-17H2,1-2H3,(H,41,42). The average molecular weight is 573 g/mol. The van der Waals surface area contributed by atoms with Gasteiger partial charge in [0.2, 0.25) is 0 Å². The third kappa shape index (κ3) is 4.82. The van der Waals surface area contributed by atoms with Crippen LogP contribution in [0.1, 0.15) is 56.9 Å². The Morgan fingerprint density at radius 2 is 1.67 bits per heavy atom. The number of carboxylic acids is 1. The molecule has 2 aromatic heterocycles. The van der Waals surface area contributed by atoms with Gasteiger partial charge in [-0.2, -0.15) is 5.10 Å². The van der Waals surface area contributed by atoms with Gasteiger partial charge in [-0.05, 0) is 86.3 Å². The fraction of sp³-hybridized carbons (Fsp3) is 0.257. The number of hydrogen-bond acceptors (Lipinski definition) is 5. The Kier molecular flexibility index (Phi) is 6.49. The zero-order valence-corrected chi connectivity index (χ0v) is 24.2. The lowest BCUT2D eigenvalue weighted by Crippen LogP contribution is -2.51. The van der Waals surface area contributed by atoms with Crippen LogP contribution in [0.25, 0.3) is 27.7 Å². The maximum atomic E-state index is 13.6. The molecular formula is C35H32N4O4. The highest BCUT2D eigenvalue weighted by Crippen LogP contribution is 2.41. The molecule has 0 bridgehead atoms. The SMILES string of the molecule is Cc1ncc(-c2ccc3c(c2)CCC2(CCN(C(=O)c4ccc5c(c4)c(C)nn5-c4ccccc4)CC2)O3)cc1C(=O)O. The van der Waals surface area contributed by atoms with Crippen LogP contribution < -0.4 is 4.74 Å². The Hall–Kier alpha value is -4.98. The summed E-state index contributed by atoms with van der Waals surface area (Å²) in [5.74, 6) is -0.0729. The molecule has 3 aromatic carbocycles. The Labute approximate surface area is 249 Å². The fourth-order valence-corrected chi connectivity index (χ4v) is 6.43. The molecule has 1 amide bonds. The van der Waals surface area contributed by atoms with E-state index in [0.29, 0.717) is 24.3 Å². The molecule has 0 atom stereocenters. The number of pyridine rings is 1. The molecule has 5 aromatic rings. The first-order valence-electron chi connectivity index (χ1n) is 14.7. The Morgan fingerprint density at radius 3 is 2.44 bits per heavy atom. The molecule has 0 radical (unpaired) electrons. The fourth-order valence-electron chi connectivity index (χ4n) is 6.43. The summed E-state index contributed by atoms with van der Waals surface area (Å²) < 4.78 is 8.55. The Balaban J connectivity index is 1.05. The van der Waals surface area contributed by atoms with Crippen LogP contribution in [0.15, 0.2) is 79.0 Å². The molecule has 4 heterocycles. The molecule has 1 N–H and O–H groups in total. The lowest BCUT2D eigenvalue weighted by molar-refractivity contribution is -0.0106. The smallest absolute Gasteiger partial charge is 0.337 e. The van der Waals surface area contributed by atoms with Gasteiger partial charge in [-0.3, -0.25) is 9.78 Å². The van der Waals surface area contributed by atoms with Crippen LogP contribution in [0, 0.1) is 13.8 Å². The van der Waals surface area contributed by atoms with E-state index in [9.17, 15) is 14.7 Å². The number of piperidine rings is 1. The molecule has 7 rings (SSSR count). The van der Waals surface area contributed by atoms with Crippen LogP contribution in [0.2, 0.25) is 0 Å². The van der Waals surface area contributed by atoms with E-state index in [4.69, 9.17) is 9.84 Å². The zero-order chi connectivity index (χ0) is 29.7. The Morgan fingerprint density at radius 1 is 0.884 bits per heavy atom. The molecule has 0 unspecified atom stereocenters. The van der Waals surface area contributed by atoms with Crippen molar-refractivity contribution in [1.29, 1.82) is 0 Å². The first-order chi connectivity index (χ1) is 20.8. The van der Waals surface area contributed by atoms with Crippen molar-refractivity contribution < 1.29 is 19.4 Å². The van der Waals surface area contributed by atoms with E-state index >= 15 is 0 Å². The van der Waals surface area contributed by atoms with Crippen LogP contribution in [-0.2, 0) is 6.42 Å². The van der Waals surface area contributed by atoms with Gasteiger partial charge in [-0.15, -0.1) is 0 Å². The zero-order valence-electron chi connectivity index (χ0n) is 24.2. The number of likely N-dealkylation sites (tertiary alicyclic amines) is 1. The molecule has 2 aliphatic rings. The summed E-state index contributed by atoms with van der Waals surface area (Å²) >= 11 is 0. The normalized spacial score (nSPS) is 15.7. The number of hydrogen-bond donors (Lipinski definition) is 1. The molecule has 1 fully saturated rings. The molecule has 2 aliphatic heterocycles. The van der Waals surface area contributed by atoms with Crippen molar-refractivity contribution in [1.82, 2.24) is 19.7 Å². The van der Waals surface area contributed by atoms with Gasteiger partial charge >= 0.3 is 5.97 Å². The molecule has 216 valence electrons. The molecule has 8 heteroatoms. The van der Waals surface area contributed by atoms with Gasteiger partial charge in [-0.25, -0.2) is 9.48 Å². The third-order valence-electron chi connectivity index (χ3n) is 8.96. The highest BCUT2D eigenvalue weighted by molar-refractivity contribution is 5.99. The largest absolute Gasteiger partial charge is 0.487 e. The topological polar surface area (TPSA) is 97.5 Å². The van der Waals surface area contributed by atoms with Crippen LogP contribution in [-0.4, -0.2) is 55.3 Å². The second kappa shape index (κ2) is 10.4. The summed E-state index contributed by atoms with van der Waals surface area (Å²) in [5, 5.41) is 15.2. The van der Waals surface area contributed by atoms with E-state index in [2.05, 4.69) is 11.1 Å². The van der Waals surface area contributed by atoms with Crippen LogP contribution in [0.4, 0.5) is 0 Å². The molecule has 0 saturated carbocycles. The van der Waals surface area contributed by atoms with Crippen molar-refractivity contribution in [2.24, 2.45) is 0 Å². The molecule has 0 aliphatic carbocycles. The number of benzene rings is 3. The monoisotopic (exact) mass is 572 g/mol. The number of rotatable bonds is 4. The lowest BCUT2D eigenvalue weighted by Gasteiger charge is -2.44. The number of aryl methyl sites for hydroxylation is 3. The number of amides is 1. The first-order valence-corrected chi connectivity index (χ1v) is 14.7. The van der Waals surface area contributed by atoms with Gasteiger partial charge < -0.3 is 14.7 Å². The maximum Gasteiger partial charge on any atom is 0.337 e. The number of fused-ring (bicyclic) bond motifs is 2. The maximum absolute atomic E-state index is 13.6. The van der Waals surface area contributed by atoms with E-state index in [-0.39, 0.29) is 17.1 Å². The quantitative estimate of drug-likeness (QED) is 0.268. The number of aromatic carboxylic acids is 1. The molecule has 8 nitrogen and oxygen atoms in total. The average Bonchev–Trinajstić information content (AvgIpc) is 3.37. The van der Waals surface area contributed by atoms with E-state index in [1.54, 1.807) is 19.2 Å². The van der Waals surface area contributed by atoms with E-state index in [1.807, 2.05) is 77.2 Å². The number of nitrogens with zero attached hydrogens (tertiary/aromatic N) is 4. The van der Waals surface area contributed by atoms with E-state index in [0.717, 1.165) is 70.4 Å². The van der Waals surface area contributed by atoms with Crippen molar-refractivity contribution in [3.8, 4) is 22.6 Å². The summed E-state index contributed by atoms with van der Waals surface area (Å²) in [5.41, 5.74) is 6.78. The van der Waals surface area contributed by atoms with Gasteiger partial charge in [0.1, 0.15) is 11.4 Å². The highest BCUT2D eigenvalue weighted by Gasteiger charge is 2.40. The van der Waals surface area contributed by atoms with Crippen molar-refractivity contribution in [3.05, 3.63) is 107 Å². The predicted molar refractivity (Wildman–Crippen MR) is 164 cm³/mol. The highest BCUT2D eigenvalue weighted by atomic mass is 16.5. The van der Waals surface area contributed by atoms with Crippen LogP contribution >= 0.6 is 0 Å². The van der Waals surface area contributed by atoms with Gasteiger partial charge in [0.25, 0.3) is 5.91 Å². The molecule has 1 saturated heterocycles. The van der Waals surface area contributed by atoms with Crippen LogP contribution in [0.3, 0.4) is 0 Å². The molecular weight excluding hydrogens is 540 g/mol. The summed E-state index contributed by atoms with van der Waals surface area (Å²) in [6.07, 6.45) is 5.01. The van der Waals surface area contributed by atoms with Crippen molar-refractivity contribution in [2.45, 2.75) is 45.1 Å². The number of carboxylic acid groups (broad SMARTS) is 1. The van der Waals surface area contributed by atoms with Gasteiger partial charge in [0.15, 0.2) is 0 Å². The van der Waals surface area contributed by atoms with Crippen molar-refractivity contribution in [3.63, 3.8) is 0 Å². The van der Waals surface area contributed by atoms with E-state index in [1.165, 1.54) is 0 Å². The second-order valence-electron chi connectivity index (χ2n) is 11.6. The van der Waals surface area contributed by atoms with Gasteiger partial charge in [0.05, 0.1) is 28.2 Å². The minimum Gasteiger partial charge on any atom is -0.487 e. The third-order valence-corrected chi connectivity index (χ3v) is 8.96. The lowest BCUT2D eigenvalue weighted by atomic mass is 9.82. The first kappa shape index (κ1) is 26.9. The summed E-state index contributed by atoms with van der Waals surface area (Å²) in [6.45, 7) is 4.96.